The summed E-state index contributed by atoms with van der Waals surface area (Å²) < 4.78 is 48.2. The van der Waals surface area contributed by atoms with Crippen LogP contribution in [0.2, 0.25) is 5.02 Å². The van der Waals surface area contributed by atoms with Crippen LogP contribution in [0.1, 0.15) is 29.7 Å². The summed E-state index contributed by atoms with van der Waals surface area (Å²) >= 11 is 6.29. The minimum absolute atomic E-state index is 0.0341. The van der Waals surface area contributed by atoms with E-state index in [2.05, 4.69) is 4.72 Å². The minimum atomic E-state index is -3.72. The molecule has 2 aromatic carbocycles. The fraction of sp³-hybridized carbons (Fsp3) is 0.381. The summed E-state index contributed by atoms with van der Waals surface area (Å²) in [6.07, 6.45) is -0.0582. The molecule has 0 aliphatic carbocycles. The molecule has 9 heteroatoms. The third kappa shape index (κ3) is 5.78. The van der Waals surface area contributed by atoms with Crippen LogP contribution in [-0.4, -0.2) is 45.7 Å². The van der Waals surface area contributed by atoms with Gasteiger partial charge in [-0.25, -0.2) is 17.5 Å². The monoisotopic (exact) mass is 451 g/mol. The Morgan fingerprint density at radius 1 is 1.37 bits per heavy atom. The molecule has 0 saturated carbocycles. The highest BCUT2D eigenvalue weighted by atomic mass is 35.5. The molecular formula is C21H23ClFN3O3S. The SMILES string of the molecule is CC1CN(C(CNS(=O)(=O)Cc2cccc(C#N)c2)c2c(F)cccc2Cl)CCO1. The number of rotatable bonds is 7. The first kappa shape index (κ1) is 22.7. The number of sulfonamides is 1. The molecule has 2 unspecified atom stereocenters. The number of benzene rings is 2. The van der Waals surface area contributed by atoms with Crippen molar-refractivity contribution in [1.82, 2.24) is 9.62 Å². The zero-order valence-corrected chi connectivity index (χ0v) is 18.1. The number of morpholine rings is 1. The van der Waals surface area contributed by atoms with Gasteiger partial charge in [-0.3, -0.25) is 4.90 Å². The maximum absolute atomic E-state index is 14.7. The van der Waals surface area contributed by atoms with E-state index in [1.54, 1.807) is 24.3 Å². The molecule has 1 fully saturated rings. The highest BCUT2D eigenvalue weighted by Crippen LogP contribution is 2.31. The second-order valence-corrected chi connectivity index (χ2v) is 9.46. The van der Waals surface area contributed by atoms with Crippen molar-refractivity contribution in [1.29, 1.82) is 5.26 Å². The molecule has 3 rings (SSSR count). The van der Waals surface area contributed by atoms with Gasteiger partial charge < -0.3 is 4.74 Å². The van der Waals surface area contributed by atoms with Crippen LogP contribution < -0.4 is 4.72 Å². The van der Waals surface area contributed by atoms with Crippen molar-refractivity contribution in [3.8, 4) is 6.07 Å². The summed E-state index contributed by atoms with van der Waals surface area (Å²) in [5.74, 6) is -0.757. The van der Waals surface area contributed by atoms with Gasteiger partial charge in [0.2, 0.25) is 10.0 Å². The van der Waals surface area contributed by atoms with Crippen LogP contribution in [0, 0.1) is 17.1 Å². The number of nitriles is 1. The molecule has 0 amide bonds. The van der Waals surface area contributed by atoms with E-state index in [0.29, 0.717) is 30.8 Å². The molecule has 0 spiro atoms. The van der Waals surface area contributed by atoms with Crippen molar-refractivity contribution in [2.45, 2.75) is 24.8 Å². The molecule has 2 aromatic rings. The first-order valence-electron chi connectivity index (χ1n) is 9.55. The molecule has 1 aliphatic heterocycles. The van der Waals surface area contributed by atoms with Crippen LogP contribution in [0.4, 0.5) is 4.39 Å². The topological polar surface area (TPSA) is 82.4 Å². The third-order valence-corrected chi connectivity index (χ3v) is 6.61. The van der Waals surface area contributed by atoms with Crippen LogP contribution in [0.3, 0.4) is 0 Å². The Morgan fingerprint density at radius 2 is 2.13 bits per heavy atom. The summed E-state index contributed by atoms with van der Waals surface area (Å²) in [6.45, 7) is 3.41. The molecule has 160 valence electrons. The summed E-state index contributed by atoms with van der Waals surface area (Å²) in [7, 11) is -3.72. The van der Waals surface area contributed by atoms with Crippen molar-refractivity contribution in [3.63, 3.8) is 0 Å². The molecule has 0 bridgehead atoms. The van der Waals surface area contributed by atoms with Gasteiger partial charge in [0.05, 0.1) is 36.1 Å². The lowest BCUT2D eigenvalue weighted by Gasteiger charge is -2.38. The highest BCUT2D eigenvalue weighted by molar-refractivity contribution is 7.88. The fourth-order valence-corrected chi connectivity index (χ4v) is 5.00. The Kier molecular flexibility index (Phi) is 7.45. The predicted molar refractivity (Wildman–Crippen MR) is 113 cm³/mol. The van der Waals surface area contributed by atoms with Gasteiger partial charge in [-0.05, 0) is 36.8 Å². The van der Waals surface area contributed by atoms with Crippen LogP contribution >= 0.6 is 11.6 Å². The summed E-state index contributed by atoms with van der Waals surface area (Å²) in [5.41, 5.74) is 1.16. The molecule has 1 heterocycles. The second kappa shape index (κ2) is 9.86. The Hall–Kier alpha value is -2.02. The molecule has 6 nitrogen and oxygen atoms in total. The minimum Gasteiger partial charge on any atom is -0.376 e. The van der Waals surface area contributed by atoms with E-state index in [4.69, 9.17) is 21.6 Å². The summed E-state index contributed by atoms with van der Waals surface area (Å²) in [4.78, 5) is 1.98. The second-order valence-electron chi connectivity index (χ2n) is 7.25. The largest absolute Gasteiger partial charge is 0.376 e. The van der Waals surface area contributed by atoms with E-state index in [1.165, 1.54) is 18.2 Å². The van der Waals surface area contributed by atoms with Gasteiger partial charge in [0.15, 0.2) is 0 Å². The predicted octanol–water partition coefficient (Wildman–Crippen LogP) is 3.23. The number of nitrogens with one attached hydrogen (secondary N) is 1. The summed E-state index contributed by atoms with van der Waals surface area (Å²) in [5, 5.41) is 9.25. The number of ether oxygens (including phenoxy) is 1. The van der Waals surface area contributed by atoms with E-state index in [-0.39, 0.29) is 29.0 Å². The van der Waals surface area contributed by atoms with Gasteiger partial charge in [0.1, 0.15) is 5.82 Å². The molecule has 0 aromatic heterocycles. The first-order chi connectivity index (χ1) is 14.3. The van der Waals surface area contributed by atoms with Crippen molar-refractivity contribution >= 4 is 21.6 Å². The number of hydrogen-bond acceptors (Lipinski definition) is 5. The van der Waals surface area contributed by atoms with E-state index < -0.39 is 21.9 Å². The maximum Gasteiger partial charge on any atom is 0.215 e. The van der Waals surface area contributed by atoms with E-state index in [0.717, 1.165) is 0 Å². The molecular weight excluding hydrogens is 429 g/mol. The van der Waals surface area contributed by atoms with E-state index >= 15 is 0 Å². The Bertz CT molecular complexity index is 1020. The van der Waals surface area contributed by atoms with Gasteiger partial charge in [-0.2, -0.15) is 5.26 Å². The van der Waals surface area contributed by atoms with Crippen molar-refractivity contribution in [3.05, 3.63) is 70.0 Å². The Labute approximate surface area is 181 Å². The number of hydrogen-bond donors (Lipinski definition) is 1. The molecule has 0 radical (unpaired) electrons. The average molecular weight is 452 g/mol. The molecule has 1 N–H and O–H groups in total. The van der Waals surface area contributed by atoms with Crippen molar-refractivity contribution in [2.24, 2.45) is 0 Å². The van der Waals surface area contributed by atoms with Gasteiger partial charge in [0.25, 0.3) is 0 Å². The zero-order valence-electron chi connectivity index (χ0n) is 16.5. The van der Waals surface area contributed by atoms with Crippen molar-refractivity contribution < 1.29 is 17.5 Å². The lowest BCUT2D eigenvalue weighted by atomic mass is 10.0. The Balaban J connectivity index is 1.81. The molecule has 30 heavy (non-hydrogen) atoms. The fourth-order valence-electron chi connectivity index (χ4n) is 3.58. The van der Waals surface area contributed by atoms with Crippen LogP contribution in [0.25, 0.3) is 0 Å². The third-order valence-electron chi connectivity index (χ3n) is 4.96. The zero-order chi connectivity index (χ0) is 21.7. The standard InChI is InChI=1S/C21H23ClFN3O3S/c1-15-13-26(8-9-29-15)20(21-18(22)6-3-7-19(21)23)12-25-30(27,28)14-17-5-2-4-16(10-17)11-24/h2-7,10,15,20,25H,8-9,12-14H2,1H3. The highest BCUT2D eigenvalue weighted by Gasteiger charge is 2.30. The normalized spacial score (nSPS) is 18.7. The van der Waals surface area contributed by atoms with E-state index in [1.807, 2.05) is 17.9 Å². The lowest BCUT2D eigenvalue weighted by Crippen LogP contribution is -2.47. The maximum atomic E-state index is 14.7. The van der Waals surface area contributed by atoms with Crippen LogP contribution in [-0.2, 0) is 20.5 Å². The smallest absolute Gasteiger partial charge is 0.215 e. The summed E-state index contributed by atoms with van der Waals surface area (Å²) in [6, 6.07) is 12.3. The molecule has 2 atom stereocenters. The molecule has 1 saturated heterocycles. The Morgan fingerprint density at radius 3 is 2.83 bits per heavy atom. The van der Waals surface area contributed by atoms with Gasteiger partial charge in [-0.1, -0.05) is 29.8 Å². The number of nitrogens with zero attached hydrogens (tertiary/aromatic N) is 2. The van der Waals surface area contributed by atoms with Gasteiger partial charge >= 0.3 is 0 Å². The van der Waals surface area contributed by atoms with Gasteiger partial charge in [0, 0.05) is 30.2 Å². The van der Waals surface area contributed by atoms with Crippen LogP contribution in [0.5, 0.6) is 0 Å². The molecule has 1 aliphatic rings. The quantitative estimate of drug-likeness (QED) is 0.698. The van der Waals surface area contributed by atoms with Crippen LogP contribution in [0.15, 0.2) is 42.5 Å². The first-order valence-corrected chi connectivity index (χ1v) is 11.6. The lowest BCUT2D eigenvalue weighted by molar-refractivity contribution is -0.0342. The number of halogens is 2. The van der Waals surface area contributed by atoms with Gasteiger partial charge in [-0.15, -0.1) is 0 Å². The van der Waals surface area contributed by atoms with E-state index in [9.17, 15) is 12.8 Å². The average Bonchev–Trinajstić information content (AvgIpc) is 2.70. The van der Waals surface area contributed by atoms with Crippen molar-refractivity contribution in [2.75, 3.05) is 26.2 Å².